The number of methoxy groups -OCH3 is 1. The lowest BCUT2D eigenvalue weighted by molar-refractivity contribution is -0.0764. The van der Waals surface area contributed by atoms with Crippen LogP contribution in [0.4, 0.5) is 0 Å². The Kier molecular flexibility index (Phi) is 6.37. The number of hydroxylamine groups is 2. The second kappa shape index (κ2) is 9.13. The Balaban J connectivity index is 2.03. The van der Waals surface area contributed by atoms with Crippen molar-refractivity contribution in [3.8, 4) is 28.7 Å². The molecule has 1 aromatic carbocycles. The molecular weight excluding hydrogens is 376 g/mol. The number of benzene rings is 1. The van der Waals surface area contributed by atoms with E-state index in [2.05, 4.69) is 15.1 Å². The van der Waals surface area contributed by atoms with Gasteiger partial charge in [0.1, 0.15) is 12.4 Å². The van der Waals surface area contributed by atoms with E-state index in [1.165, 1.54) is 21.3 Å². The maximum absolute atomic E-state index is 12.5. The summed E-state index contributed by atoms with van der Waals surface area (Å²) in [6.45, 7) is 0.855. The number of pyridine rings is 1. The highest BCUT2D eigenvalue weighted by Gasteiger charge is 2.22. The summed E-state index contributed by atoms with van der Waals surface area (Å²) in [6.07, 6.45) is 1.59. The predicted octanol–water partition coefficient (Wildman–Crippen LogP) is 1.31. The molecule has 29 heavy (non-hydrogen) atoms. The SMILES string of the molecule is COc1ccc(-n2nc(C(=O)N(C)OC)nc2-c2ccc(OCCN)cc2)cn1. The summed E-state index contributed by atoms with van der Waals surface area (Å²) in [5, 5.41) is 5.41. The van der Waals surface area contributed by atoms with Gasteiger partial charge in [-0.05, 0) is 30.3 Å². The van der Waals surface area contributed by atoms with Crippen LogP contribution in [0.3, 0.4) is 0 Å². The highest BCUT2D eigenvalue weighted by Crippen LogP contribution is 2.24. The van der Waals surface area contributed by atoms with E-state index >= 15 is 0 Å². The van der Waals surface area contributed by atoms with Crippen molar-refractivity contribution in [2.24, 2.45) is 5.73 Å². The first-order chi connectivity index (χ1) is 14.1. The van der Waals surface area contributed by atoms with Crippen molar-refractivity contribution in [2.75, 3.05) is 34.4 Å². The summed E-state index contributed by atoms with van der Waals surface area (Å²) in [7, 11) is 4.42. The van der Waals surface area contributed by atoms with E-state index in [1.54, 1.807) is 35.1 Å². The third kappa shape index (κ3) is 4.50. The second-order valence-electron chi connectivity index (χ2n) is 5.88. The summed E-state index contributed by atoms with van der Waals surface area (Å²) in [6, 6.07) is 10.7. The zero-order valence-corrected chi connectivity index (χ0v) is 16.4. The first kappa shape index (κ1) is 20.2. The number of hydrogen-bond acceptors (Lipinski definition) is 8. The molecule has 0 spiro atoms. The molecule has 0 bridgehead atoms. The smallest absolute Gasteiger partial charge is 0.316 e. The minimum Gasteiger partial charge on any atom is -0.492 e. The van der Waals surface area contributed by atoms with Crippen LogP contribution in [-0.4, -0.2) is 65.1 Å². The fourth-order valence-electron chi connectivity index (χ4n) is 2.49. The van der Waals surface area contributed by atoms with Gasteiger partial charge in [-0.25, -0.2) is 19.7 Å². The highest BCUT2D eigenvalue weighted by molar-refractivity contribution is 5.90. The number of carbonyl (C=O) groups is 1. The van der Waals surface area contributed by atoms with Crippen molar-refractivity contribution in [3.63, 3.8) is 0 Å². The summed E-state index contributed by atoms with van der Waals surface area (Å²) in [4.78, 5) is 26.0. The number of nitrogens with zero attached hydrogens (tertiary/aromatic N) is 5. The Labute approximate surface area is 167 Å². The molecule has 2 N–H and O–H groups in total. The van der Waals surface area contributed by atoms with Gasteiger partial charge in [-0.15, -0.1) is 5.10 Å². The van der Waals surface area contributed by atoms with Gasteiger partial charge in [0, 0.05) is 25.2 Å². The van der Waals surface area contributed by atoms with E-state index in [-0.39, 0.29) is 5.82 Å². The first-order valence-electron chi connectivity index (χ1n) is 8.80. The van der Waals surface area contributed by atoms with Crippen molar-refractivity contribution < 1.29 is 19.1 Å². The van der Waals surface area contributed by atoms with Crippen molar-refractivity contribution in [2.45, 2.75) is 0 Å². The van der Waals surface area contributed by atoms with E-state index in [9.17, 15) is 4.79 Å². The lowest BCUT2D eigenvalue weighted by Crippen LogP contribution is -2.26. The molecule has 0 aliphatic carbocycles. The molecule has 2 aromatic heterocycles. The van der Waals surface area contributed by atoms with Crippen LogP contribution in [0.15, 0.2) is 42.6 Å². The second-order valence-corrected chi connectivity index (χ2v) is 5.88. The van der Waals surface area contributed by atoms with Crippen LogP contribution in [-0.2, 0) is 4.84 Å². The van der Waals surface area contributed by atoms with Crippen LogP contribution in [0, 0.1) is 0 Å². The number of amides is 1. The molecule has 0 saturated carbocycles. The highest BCUT2D eigenvalue weighted by atomic mass is 16.7. The number of carbonyl (C=O) groups excluding carboxylic acids is 1. The molecule has 10 heteroatoms. The molecule has 10 nitrogen and oxygen atoms in total. The topological polar surface area (TPSA) is 118 Å². The van der Waals surface area contributed by atoms with E-state index in [4.69, 9.17) is 20.0 Å². The van der Waals surface area contributed by atoms with Crippen LogP contribution in [0.2, 0.25) is 0 Å². The molecule has 0 saturated heterocycles. The molecule has 0 radical (unpaired) electrons. The van der Waals surface area contributed by atoms with Gasteiger partial charge in [0.15, 0.2) is 5.82 Å². The van der Waals surface area contributed by atoms with E-state index in [0.29, 0.717) is 36.3 Å². The van der Waals surface area contributed by atoms with Crippen molar-refractivity contribution >= 4 is 5.91 Å². The Hall–Kier alpha value is -3.50. The van der Waals surface area contributed by atoms with Gasteiger partial charge in [-0.1, -0.05) is 0 Å². The molecule has 152 valence electrons. The van der Waals surface area contributed by atoms with Gasteiger partial charge < -0.3 is 15.2 Å². The average Bonchev–Trinajstić information content (AvgIpc) is 3.22. The van der Waals surface area contributed by atoms with Gasteiger partial charge >= 0.3 is 5.91 Å². The quantitative estimate of drug-likeness (QED) is 0.564. The maximum Gasteiger partial charge on any atom is 0.316 e. The van der Waals surface area contributed by atoms with Gasteiger partial charge in [-0.3, -0.25) is 9.63 Å². The minimum absolute atomic E-state index is 0.0105. The standard InChI is InChI=1S/C19H22N6O4/c1-24(28-3)19(26)17-22-18(13-4-7-15(8-5-13)29-11-10-20)25(23-17)14-6-9-16(27-2)21-12-14/h4-9,12H,10-11,20H2,1-3H3. The maximum atomic E-state index is 12.5. The average molecular weight is 398 g/mol. The normalized spacial score (nSPS) is 10.6. The van der Waals surface area contributed by atoms with Crippen LogP contribution in [0.1, 0.15) is 10.6 Å². The Bertz CT molecular complexity index is 956. The van der Waals surface area contributed by atoms with Crippen LogP contribution in [0.25, 0.3) is 17.1 Å². The predicted molar refractivity (Wildman–Crippen MR) is 105 cm³/mol. The molecule has 0 atom stereocenters. The molecule has 3 rings (SSSR count). The lowest BCUT2D eigenvalue weighted by atomic mass is 10.2. The molecular formula is C19H22N6O4. The van der Waals surface area contributed by atoms with Crippen molar-refractivity contribution in [1.82, 2.24) is 24.8 Å². The van der Waals surface area contributed by atoms with Crippen LogP contribution >= 0.6 is 0 Å². The Morgan fingerprint density at radius 3 is 2.52 bits per heavy atom. The van der Waals surface area contributed by atoms with Gasteiger partial charge in [0.05, 0.1) is 26.1 Å². The number of aromatic nitrogens is 4. The molecule has 0 unspecified atom stereocenters. The number of hydrogen-bond donors (Lipinski definition) is 1. The summed E-state index contributed by atoms with van der Waals surface area (Å²) in [5.74, 6) is 1.13. The largest absolute Gasteiger partial charge is 0.492 e. The number of rotatable bonds is 8. The molecule has 2 heterocycles. The first-order valence-corrected chi connectivity index (χ1v) is 8.80. The van der Waals surface area contributed by atoms with E-state index in [0.717, 1.165) is 10.6 Å². The summed E-state index contributed by atoms with van der Waals surface area (Å²) < 4.78 is 12.1. The third-order valence-electron chi connectivity index (χ3n) is 4.03. The fraction of sp³-hybridized carbons (Fsp3) is 0.263. The van der Waals surface area contributed by atoms with Gasteiger partial charge in [0.2, 0.25) is 11.7 Å². The monoisotopic (exact) mass is 398 g/mol. The van der Waals surface area contributed by atoms with Gasteiger partial charge in [-0.2, -0.15) is 0 Å². The van der Waals surface area contributed by atoms with E-state index < -0.39 is 5.91 Å². The Morgan fingerprint density at radius 1 is 1.17 bits per heavy atom. The van der Waals surface area contributed by atoms with Crippen molar-refractivity contribution in [3.05, 3.63) is 48.4 Å². The molecule has 3 aromatic rings. The van der Waals surface area contributed by atoms with Crippen LogP contribution in [0.5, 0.6) is 11.6 Å². The lowest BCUT2D eigenvalue weighted by Gasteiger charge is -2.10. The van der Waals surface area contributed by atoms with Crippen molar-refractivity contribution in [1.29, 1.82) is 0 Å². The zero-order chi connectivity index (χ0) is 20.8. The fourth-order valence-corrected chi connectivity index (χ4v) is 2.49. The molecule has 0 aliphatic rings. The summed E-state index contributed by atoms with van der Waals surface area (Å²) >= 11 is 0. The molecule has 1 amide bonds. The summed E-state index contributed by atoms with van der Waals surface area (Å²) in [5.41, 5.74) is 6.83. The van der Waals surface area contributed by atoms with Crippen LogP contribution < -0.4 is 15.2 Å². The third-order valence-corrected chi connectivity index (χ3v) is 4.03. The number of nitrogens with two attached hydrogens (primary N) is 1. The Morgan fingerprint density at radius 2 is 1.93 bits per heavy atom. The zero-order valence-electron chi connectivity index (χ0n) is 16.4. The van der Waals surface area contributed by atoms with Gasteiger partial charge in [0.25, 0.3) is 0 Å². The minimum atomic E-state index is -0.475. The van der Waals surface area contributed by atoms with E-state index in [1.807, 2.05) is 12.1 Å². The molecule has 0 fully saturated rings. The molecule has 0 aliphatic heterocycles. The number of ether oxygens (including phenoxy) is 2.